The van der Waals surface area contributed by atoms with Crippen LogP contribution in [0.1, 0.15) is 96.0 Å². The number of hydrogen-bond acceptors (Lipinski definition) is 7. The zero-order valence-corrected chi connectivity index (χ0v) is 31.0. The lowest BCUT2D eigenvalue weighted by molar-refractivity contribution is -0.904. The van der Waals surface area contributed by atoms with Gasteiger partial charge in [0, 0.05) is 36.0 Å². The van der Waals surface area contributed by atoms with E-state index in [4.69, 9.17) is 0 Å². The first-order chi connectivity index (χ1) is 24.2. The maximum absolute atomic E-state index is 13.8. The second kappa shape index (κ2) is 19.8. The Hall–Kier alpha value is -4.52. The van der Waals surface area contributed by atoms with E-state index in [0.717, 1.165) is 23.1 Å². The first-order valence-electron chi connectivity index (χ1n) is 18.2. The van der Waals surface area contributed by atoms with Gasteiger partial charge in [0.1, 0.15) is 18.1 Å². The number of pyridine rings is 1. The van der Waals surface area contributed by atoms with Crippen LogP contribution in [0.3, 0.4) is 0 Å². The Morgan fingerprint density at radius 1 is 0.824 bits per heavy atom. The van der Waals surface area contributed by atoms with E-state index in [0.29, 0.717) is 44.6 Å². The minimum absolute atomic E-state index is 0.188. The molecule has 1 aliphatic carbocycles. The average Bonchev–Trinajstić information content (AvgIpc) is 3.90. The average molecular weight is 709 g/mol. The monoisotopic (exact) mass is 708 g/mol. The van der Waals surface area contributed by atoms with Gasteiger partial charge in [0.2, 0.25) is 36.0 Å². The van der Waals surface area contributed by atoms with Crippen LogP contribution in [0.2, 0.25) is 0 Å². The number of carbonyl (C=O) groups excluding carboxylic acids is 5. The molecule has 1 fully saturated rings. The highest BCUT2D eigenvalue weighted by molar-refractivity contribution is 5.98. The molecule has 0 unspecified atom stereocenters. The van der Waals surface area contributed by atoms with Crippen LogP contribution >= 0.6 is 0 Å². The first-order valence-corrected chi connectivity index (χ1v) is 18.2. The smallest absolute Gasteiger partial charge is 0.252 e. The van der Waals surface area contributed by atoms with Crippen LogP contribution in [0.4, 0.5) is 0 Å². The van der Waals surface area contributed by atoms with Crippen LogP contribution in [0.5, 0.6) is 0 Å². The molecule has 3 rings (SSSR count). The quantitative estimate of drug-likeness (QED) is 0.0813. The topological polar surface area (TPSA) is 182 Å². The highest BCUT2D eigenvalue weighted by atomic mass is 16.5. The third-order valence-corrected chi connectivity index (χ3v) is 8.71. The molecule has 1 aromatic heterocycles. The normalized spacial score (nSPS) is 15.7. The van der Waals surface area contributed by atoms with Gasteiger partial charge in [0.05, 0.1) is 11.6 Å². The van der Waals surface area contributed by atoms with Crippen LogP contribution in [0.15, 0.2) is 54.9 Å². The molecule has 0 aliphatic heterocycles. The van der Waals surface area contributed by atoms with E-state index >= 15 is 0 Å². The molecule has 1 aromatic carbocycles. The SMILES string of the molecule is CCC[C@H](NC(=O)[C@H](CC(C)(C)C)NC(=O)c1cc[n+](O)cc1)C(=O)N[C@H](CN[C@@H](C)C(=O)N[C@@H](CC1CC1)C(=O)NCC)Cc1ccccc1. The molecule has 0 bridgehead atoms. The summed E-state index contributed by atoms with van der Waals surface area (Å²) in [4.78, 5) is 66.4. The molecule has 13 heteroatoms. The van der Waals surface area contributed by atoms with Crippen molar-refractivity contribution in [3.05, 3.63) is 66.0 Å². The van der Waals surface area contributed by atoms with Crippen molar-refractivity contribution in [3.63, 3.8) is 0 Å². The van der Waals surface area contributed by atoms with Gasteiger partial charge < -0.3 is 31.9 Å². The van der Waals surface area contributed by atoms with Gasteiger partial charge in [-0.1, -0.05) is 77.3 Å². The van der Waals surface area contributed by atoms with Crippen molar-refractivity contribution < 1.29 is 33.9 Å². The lowest BCUT2D eigenvalue weighted by Gasteiger charge is -2.29. The molecular weight excluding hydrogens is 650 g/mol. The summed E-state index contributed by atoms with van der Waals surface area (Å²) in [6.45, 7) is 12.1. The molecule has 280 valence electrons. The Balaban J connectivity index is 1.70. The second-order valence-corrected chi connectivity index (χ2v) is 14.8. The predicted molar refractivity (Wildman–Crippen MR) is 193 cm³/mol. The first kappa shape index (κ1) is 40.9. The van der Waals surface area contributed by atoms with E-state index in [1.54, 1.807) is 6.92 Å². The Labute approximate surface area is 302 Å². The number of benzene rings is 1. The van der Waals surface area contributed by atoms with Crippen LogP contribution < -0.4 is 36.6 Å². The van der Waals surface area contributed by atoms with Crippen LogP contribution in [-0.2, 0) is 25.6 Å². The van der Waals surface area contributed by atoms with E-state index in [-0.39, 0.29) is 35.2 Å². The number of likely N-dealkylation sites (N-methyl/N-ethyl adjacent to an activating group) is 1. The van der Waals surface area contributed by atoms with Crippen LogP contribution in [0.25, 0.3) is 0 Å². The summed E-state index contributed by atoms with van der Waals surface area (Å²) in [6, 6.07) is 9.08. The number of carbonyl (C=O) groups is 5. The highest BCUT2D eigenvalue weighted by Crippen LogP contribution is 2.33. The molecule has 13 nitrogen and oxygen atoms in total. The molecular formula is C38H58N7O6+. The molecule has 0 saturated heterocycles. The number of nitrogens with zero attached hydrogens (tertiary/aromatic N) is 1. The van der Waals surface area contributed by atoms with E-state index in [1.807, 2.05) is 65.0 Å². The van der Waals surface area contributed by atoms with Crippen molar-refractivity contribution in [2.45, 2.75) is 117 Å². The number of hydrogen-bond donors (Lipinski definition) is 7. The fraction of sp³-hybridized carbons (Fsp3) is 0.579. The summed E-state index contributed by atoms with van der Waals surface area (Å²) < 4.78 is 0.819. The Bertz CT molecular complexity index is 1440. The van der Waals surface area contributed by atoms with E-state index in [9.17, 15) is 29.2 Å². The second-order valence-electron chi connectivity index (χ2n) is 14.8. The van der Waals surface area contributed by atoms with Crippen molar-refractivity contribution in [3.8, 4) is 0 Å². The Morgan fingerprint density at radius 3 is 2.04 bits per heavy atom. The molecule has 0 radical (unpaired) electrons. The van der Waals surface area contributed by atoms with Crippen molar-refractivity contribution in [1.29, 1.82) is 0 Å². The zero-order valence-electron chi connectivity index (χ0n) is 31.0. The minimum atomic E-state index is -0.921. The van der Waals surface area contributed by atoms with Gasteiger partial charge in [0.25, 0.3) is 5.91 Å². The van der Waals surface area contributed by atoms with Gasteiger partial charge in [-0.05, 0) is 56.4 Å². The summed E-state index contributed by atoms with van der Waals surface area (Å²) in [6.07, 6.45) is 7.15. The third-order valence-electron chi connectivity index (χ3n) is 8.71. The largest absolute Gasteiger partial charge is 0.355 e. The molecule has 1 heterocycles. The van der Waals surface area contributed by atoms with Gasteiger partial charge in [-0.2, -0.15) is 0 Å². The molecule has 2 aromatic rings. The summed E-state index contributed by atoms with van der Waals surface area (Å²) in [5, 5.41) is 27.3. The van der Waals surface area contributed by atoms with Gasteiger partial charge in [-0.3, -0.25) is 29.2 Å². The maximum atomic E-state index is 13.8. The molecule has 1 aliphatic rings. The molecule has 0 spiro atoms. The lowest BCUT2D eigenvalue weighted by Crippen LogP contribution is -2.57. The molecule has 7 N–H and O–H groups in total. The summed E-state index contributed by atoms with van der Waals surface area (Å²) in [5.41, 5.74) is 0.936. The standard InChI is InChI=1S/C38H57N7O6/c1-7-12-30(42-37(50)32(23-38(4,5)6)44-34(47)28-17-19-45(51)20-18-28)36(49)41-29(21-26-13-10-9-11-14-26)24-40-25(3)33(46)43-31(22-27-15-16-27)35(48)39-8-2/h9-11,13-14,17-20,25,27,29-32,40H,7-8,12,15-16,21-24H2,1-6H3,(H5-,39,41,42,43,44,46,47,48,49,50,51)/p+1/t25-,29-,30-,31-,32-/m0/s1. The Kier molecular flexibility index (Phi) is 15.8. The highest BCUT2D eigenvalue weighted by Gasteiger charge is 2.33. The van der Waals surface area contributed by atoms with Gasteiger partial charge >= 0.3 is 0 Å². The number of nitrogens with one attached hydrogen (secondary N) is 6. The van der Waals surface area contributed by atoms with Crippen molar-refractivity contribution in [2.75, 3.05) is 13.1 Å². The van der Waals surface area contributed by atoms with E-state index < -0.39 is 42.0 Å². The molecule has 51 heavy (non-hydrogen) atoms. The fourth-order valence-electron chi connectivity index (χ4n) is 5.76. The predicted octanol–water partition coefficient (Wildman–Crippen LogP) is 2.16. The maximum Gasteiger partial charge on any atom is 0.252 e. The molecule has 5 atom stereocenters. The van der Waals surface area contributed by atoms with Crippen LogP contribution in [0, 0.1) is 11.3 Å². The van der Waals surface area contributed by atoms with Crippen molar-refractivity contribution in [2.24, 2.45) is 11.3 Å². The van der Waals surface area contributed by atoms with Crippen LogP contribution in [-0.4, -0.2) is 78.0 Å². The van der Waals surface area contributed by atoms with E-state index in [2.05, 4.69) is 31.9 Å². The number of amides is 5. The number of rotatable bonds is 20. The van der Waals surface area contributed by atoms with Gasteiger partial charge in [-0.25, -0.2) is 0 Å². The summed E-state index contributed by atoms with van der Waals surface area (Å²) in [7, 11) is 0. The lowest BCUT2D eigenvalue weighted by atomic mass is 9.87. The minimum Gasteiger partial charge on any atom is -0.355 e. The fourth-order valence-corrected chi connectivity index (χ4v) is 5.76. The van der Waals surface area contributed by atoms with E-state index in [1.165, 1.54) is 24.5 Å². The van der Waals surface area contributed by atoms with Gasteiger partial charge in [-0.15, -0.1) is 0 Å². The van der Waals surface area contributed by atoms with Gasteiger partial charge in [0.15, 0.2) is 0 Å². The molecule has 5 amide bonds. The Morgan fingerprint density at radius 2 is 1.45 bits per heavy atom. The van der Waals surface area contributed by atoms with Crippen molar-refractivity contribution >= 4 is 29.5 Å². The van der Waals surface area contributed by atoms with Crippen molar-refractivity contribution in [1.82, 2.24) is 31.9 Å². The molecule has 1 saturated carbocycles. The summed E-state index contributed by atoms with van der Waals surface area (Å²) in [5.74, 6) is -1.37. The third kappa shape index (κ3) is 14.7. The summed E-state index contributed by atoms with van der Waals surface area (Å²) >= 11 is 0. The zero-order chi connectivity index (χ0) is 37.6. The number of aromatic nitrogens is 1.